The van der Waals surface area contributed by atoms with Gasteiger partial charge in [0.1, 0.15) is 6.04 Å². The molecule has 1 aromatic carbocycles. The van der Waals surface area contributed by atoms with E-state index in [9.17, 15) is 9.59 Å². The first-order valence-corrected chi connectivity index (χ1v) is 6.44. The highest BCUT2D eigenvalue weighted by Gasteiger charge is 2.18. The average molecular weight is 264 g/mol. The Hall–Kier alpha value is -2.04. The molecular weight excluding hydrogens is 244 g/mol. The van der Waals surface area contributed by atoms with E-state index in [1.165, 1.54) is 0 Å². The van der Waals surface area contributed by atoms with Crippen LogP contribution in [0.4, 0.5) is 4.79 Å². The molecule has 0 aliphatic carbocycles. The highest BCUT2D eigenvalue weighted by molar-refractivity contribution is 5.82. The van der Waals surface area contributed by atoms with E-state index in [0.29, 0.717) is 13.0 Å². The summed E-state index contributed by atoms with van der Waals surface area (Å²) >= 11 is 0. The van der Waals surface area contributed by atoms with Gasteiger partial charge in [-0.25, -0.2) is 9.59 Å². The van der Waals surface area contributed by atoms with Crippen molar-refractivity contribution in [2.75, 3.05) is 0 Å². The predicted molar refractivity (Wildman–Crippen MR) is 72.8 cm³/mol. The lowest BCUT2D eigenvalue weighted by Crippen LogP contribution is -2.45. The molecule has 0 saturated carbocycles. The molecular formula is C14H20N2O3. The molecule has 1 rings (SSSR count). The maximum absolute atomic E-state index is 11.6. The minimum Gasteiger partial charge on any atom is -0.480 e. The van der Waals surface area contributed by atoms with Gasteiger partial charge in [0.05, 0.1) is 0 Å². The first-order valence-electron chi connectivity index (χ1n) is 6.44. The van der Waals surface area contributed by atoms with Gasteiger partial charge >= 0.3 is 12.0 Å². The zero-order valence-electron chi connectivity index (χ0n) is 11.1. The van der Waals surface area contributed by atoms with Crippen LogP contribution in [0.15, 0.2) is 30.3 Å². The van der Waals surface area contributed by atoms with Crippen LogP contribution in [0.1, 0.15) is 31.7 Å². The fourth-order valence-electron chi connectivity index (χ4n) is 1.65. The van der Waals surface area contributed by atoms with Gasteiger partial charge in [-0.3, -0.25) is 0 Å². The summed E-state index contributed by atoms with van der Waals surface area (Å²) < 4.78 is 0. The minimum atomic E-state index is -0.997. The summed E-state index contributed by atoms with van der Waals surface area (Å²) in [6.07, 6.45) is 2.12. The van der Waals surface area contributed by atoms with Gasteiger partial charge in [-0.05, 0) is 12.0 Å². The maximum Gasteiger partial charge on any atom is 0.326 e. The molecule has 0 aliphatic heterocycles. The van der Waals surface area contributed by atoms with Gasteiger partial charge in [-0.1, -0.05) is 50.1 Å². The van der Waals surface area contributed by atoms with E-state index in [1.54, 1.807) is 0 Å². The molecule has 0 bridgehead atoms. The molecule has 5 heteroatoms. The Morgan fingerprint density at radius 2 is 1.95 bits per heavy atom. The third-order valence-electron chi connectivity index (χ3n) is 2.75. The topological polar surface area (TPSA) is 78.4 Å². The van der Waals surface area contributed by atoms with Crippen LogP contribution in [0, 0.1) is 0 Å². The quantitative estimate of drug-likeness (QED) is 0.706. The zero-order valence-corrected chi connectivity index (χ0v) is 11.1. The molecule has 0 fully saturated rings. The molecule has 19 heavy (non-hydrogen) atoms. The van der Waals surface area contributed by atoms with Crippen LogP contribution in [0.3, 0.4) is 0 Å². The number of nitrogens with one attached hydrogen (secondary N) is 2. The summed E-state index contributed by atoms with van der Waals surface area (Å²) in [4.78, 5) is 22.6. The second kappa shape index (κ2) is 8.13. The lowest BCUT2D eigenvalue weighted by atomic mass is 10.1. The van der Waals surface area contributed by atoms with Crippen LogP contribution in [0.5, 0.6) is 0 Å². The molecule has 0 saturated heterocycles. The van der Waals surface area contributed by atoms with Crippen molar-refractivity contribution < 1.29 is 14.7 Å². The largest absolute Gasteiger partial charge is 0.480 e. The number of carbonyl (C=O) groups excluding carboxylic acids is 1. The van der Waals surface area contributed by atoms with E-state index in [0.717, 1.165) is 18.4 Å². The fourth-order valence-corrected chi connectivity index (χ4v) is 1.65. The van der Waals surface area contributed by atoms with Gasteiger partial charge in [0.2, 0.25) is 0 Å². The van der Waals surface area contributed by atoms with Crippen molar-refractivity contribution in [1.82, 2.24) is 10.6 Å². The van der Waals surface area contributed by atoms with E-state index in [1.807, 2.05) is 37.3 Å². The van der Waals surface area contributed by atoms with Gasteiger partial charge < -0.3 is 15.7 Å². The standard InChI is InChI=1S/C14H20N2O3/c1-2-3-9-12(13(17)18)16-14(19)15-10-11-7-5-4-6-8-11/h4-8,12H,2-3,9-10H2,1H3,(H,17,18)(H2,15,16,19). The van der Waals surface area contributed by atoms with Gasteiger partial charge in [-0.2, -0.15) is 0 Å². The number of benzene rings is 1. The summed E-state index contributed by atoms with van der Waals surface area (Å²) in [7, 11) is 0. The van der Waals surface area contributed by atoms with Gasteiger partial charge in [0.25, 0.3) is 0 Å². The van der Waals surface area contributed by atoms with Crippen LogP contribution < -0.4 is 10.6 Å². The molecule has 0 aliphatic rings. The van der Waals surface area contributed by atoms with Crippen LogP contribution in [0.25, 0.3) is 0 Å². The third kappa shape index (κ3) is 5.90. The Kier molecular flexibility index (Phi) is 6.43. The number of unbranched alkanes of at least 4 members (excludes halogenated alkanes) is 1. The number of aliphatic carboxylic acids is 1. The van der Waals surface area contributed by atoms with E-state index in [4.69, 9.17) is 5.11 Å². The highest BCUT2D eigenvalue weighted by atomic mass is 16.4. The van der Waals surface area contributed by atoms with Crippen molar-refractivity contribution in [3.05, 3.63) is 35.9 Å². The molecule has 5 nitrogen and oxygen atoms in total. The Bertz CT molecular complexity index is 406. The molecule has 1 unspecified atom stereocenters. The van der Waals surface area contributed by atoms with Crippen LogP contribution in [-0.2, 0) is 11.3 Å². The van der Waals surface area contributed by atoms with Crippen LogP contribution >= 0.6 is 0 Å². The maximum atomic E-state index is 11.6. The first-order chi connectivity index (χ1) is 9.13. The van der Waals surface area contributed by atoms with Crippen molar-refractivity contribution in [2.24, 2.45) is 0 Å². The van der Waals surface area contributed by atoms with E-state index < -0.39 is 18.0 Å². The summed E-state index contributed by atoms with van der Waals surface area (Å²) in [6, 6.07) is 8.18. The van der Waals surface area contributed by atoms with Crippen molar-refractivity contribution in [3.63, 3.8) is 0 Å². The Morgan fingerprint density at radius 3 is 2.53 bits per heavy atom. The van der Waals surface area contributed by atoms with E-state index in [-0.39, 0.29) is 0 Å². The SMILES string of the molecule is CCCCC(NC(=O)NCc1ccccc1)C(=O)O. The molecule has 0 aromatic heterocycles. The Balaban J connectivity index is 2.38. The summed E-state index contributed by atoms with van der Waals surface area (Å²) in [6.45, 7) is 2.36. The average Bonchev–Trinajstić information content (AvgIpc) is 2.42. The molecule has 0 radical (unpaired) electrons. The summed E-state index contributed by atoms with van der Waals surface area (Å²) in [5.74, 6) is -0.997. The van der Waals surface area contributed by atoms with Gasteiger partial charge in [0.15, 0.2) is 0 Å². The van der Waals surface area contributed by atoms with E-state index >= 15 is 0 Å². The number of carboxylic acids is 1. The number of carbonyl (C=O) groups is 2. The number of hydrogen-bond donors (Lipinski definition) is 3. The normalized spacial score (nSPS) is 11.6. The summed E-state index contributed by atoms with van der Waals surface area (Å²) in [5.41, 5.74) is 0.970. The van der Waals surface area contributed by atoms with Crippen molar-refractivity contribution >= 4 is 12.0 Å². The summed E-state index contributed by atoms with van der Waals surface area (Å²) in [5, 5.41) is 14.1. The van der Waals surface area contributed by atoms with Crippen LogP contribution in [0.2, 0.25) is 0 Å². The highest BCUT2D eigenvalue weighted by Crippen LogP contribution is 2.01. The van der Waals surface area contributed by atoms with Crippen LogP contribution in [-0.4, -0.2) is 23.1 Å². The lowest BCUT2D eigenvalue weighted by molar-refractivity contribution is -0.139. The predicted octanol–water partition coefficient (Wildman–Crippen LogP) is 2.13. The number of rotatable bonds is 7. The number of hydrogen-bond acceptors (Lipinski definition) is 2. The second-order valence-electron chi connectivity index (χ2n) is 4.35. The first kappa shape index (κ1) is 15.0. The van der Waals surface area contributed by atoms with Crippen molar-refractivity contribution in [3.8, 4) is 0 Å². The smallest absolute Gasteiger partial charge is 0.326 e. The monoisotopic (exact) mass is 264 g/mol. The van der Waals surface area contributed by atoms with Gasteiger partial charge in [0, 0.05) is 6.54 Å². The molecule has 0 spiro atoms. The molecule has 1 atom stereocenters. The zero-order chi connectivity index (χ0) is 14.1. The molecule has 2 amide bonds. The molecule has 104 valence electrons. The number of urea groups is 1. The van der Waals surface area contributed by atoms with Crippen molar-refractivity contribution in [2.45, 2.75) is 38.8 Å². The Labute approximate surface area is 113 Å². The molecule has 0 heterocycles. The number of carboxylic acid groups (broad SMARTS) is 1. The third-order valence-corrected chi connectivity index (χ3v) is 2.75. The second-order valence-corrected chi connectivity index (χ2v) is 4.35. The minimum absolute atomic E-state index is 0.382. The Morgan fingerprint density at radius 1 is 1.26 bits per heavy atom. The fraction of sp³-hybridized carbons (Fsp3) is 0.429. The number of amides is 2. The lowest BCUT2D eigenvalue weighted by Gasteiger charge is -2.14. The van der Waals surface area contributed by atoms with Crippen molar-refractivity contribution in [1.29, 1.82) is 0 Å². The van der Waals surface area contributed by atoms with E-state index in [2.05, 4.69) is 10.6 Å². The van der Waals surface area contributed by atoms with Gasteiger partial charge in [-0.15, -0.1) is 0 Å². The molecule has 3 N–H and O–H groups in total. The molecule has 1 aromatic rings.